The van der Waals surface area contributed by atoms with Crippen LogP contribution in [0, 0.1) is 5.82 Å². The molecule has 1 aliphatic heterocycles. The molecule has 9 heteroatoms. The number of fused-ring (bicyclic) bond motifs is 1. The Labute approximate surface area is 173 Å². The van der Waals surface area contributed by atoms with Gasteiger partial charge >= 0.3 is 11.9 Å². The van der Waals surface area contributed by atoms with E-state index in [0.29, 0.717) is 12.2 Å². The molecular formula is C21H23FN4O4. The molecule has 0 atom stereocenters. The molecule has 0 radical (unpaired) electrons. The van der Waals surface area contributed by atoms with Crippen LogP contribution in [-0.4, -0.2) is 58.3 Å². The Kier molecular flexibility index (Phi) is 7.08. The zero-order valence-corrected chi connectivity index (χ0v) is 16.3. The van der Waals surface area contributed by atoms with Gasteiger partial charge in [0.15, 0.2) is 0 Å². The fraction of sp³-hybridized carbons (Fsp3) is 0.333. The van der Waals surface area contributed by atoms with Crippen LogP contribution < -0.4 is 10.2 Å². The molecule has 2 aromatic rings. The van der Waals surface area contributed by atoms with E-state index in [1.54, 1.807) is 0 Å². The Hall–Kier alpha value is -3.33. The van der Waals surface area contributed by atoms with Crippen LogP contribution in [0.15, 0.2) is 36.4 Å². The number of aryl methyl sites for hydroxylation is 1. The zero-order valence-electron chi connectivity index (χ0n) is 16.3. The Morgan fingerprint density at radius 2 is 1.63 bits per heavy atom. The first-order valence-electron chi connectivity index (χ1n) is 9.69. The number of hydrogen-bond acceptors (Lipinski definition) is 6. The summed E-state index contributed by atoms with van der Waals surface area (Å²) < 4.78 is 13.2. The van der Waals surface area contributed by atoms with Crippen LogP contribution in [0.4, 0.5) is 10.3 Å². The van der Waals surface area contributed by atoms with Crippen molar-refractivity contribution in [2.75, 3.05) is 31.1 Å². The number of anilines is 1. The van der Waals surface area contributed by atoms with Crippen molar-refractivity contribution in [3.63, 3.8) is 0 Å². The van der Waals surface area contributed by atoms with E-state index in [1.807, 2.05) is 12.1 Å². The second kappa shape index (κ2) is 9.93. The Balaban J connectivity index is 0.000000275. The Morgan fingerprint density at radius 1 is 1.00 bits per heavy atom. The van der Waals surface area contributed by atoms with Gasteiger partial charge in [-0.2, -0.15) is 0 Å². The number of rotatable bonds is 4. The van der Waals surface area contributed by atoms with Gasteiger partial charge in [-0.05, 0) is 43.5 Å². The summed E-state index contributed by atoms with van der Waals surface area (Å²) in [4.78, 5) is 31.0. The van der Waals surface area contributed by atoms with E-state index < -0.39 is 11.9 Å². The highest BCUT2D eigenvalue weighted by Gasteiger charge is 2.23. The lowest BCUT2D eigenvalue weighted by atomic mass is 10.1. The Bertz CT molecular complexity index is 925. The van der Waals surface area contributed by atoms with Gasteiger partial charge in [0.25, 0.3) is 0 Å². The van der Waals surface area contributed by atoms with Crippen LogP contribution in [0.5, 0.6) is 0 Å². The summed E-state index contributed by atoms with van der Waals surface area (Å²) in [7, 11) is 0. The molecule has 8 nitrogen and oxygen atoms in total. The van der Waals surface area contributed by atoms with Crippen LogP contribution >= 0.6 is 0 Å². The third kappa shape index (κ3) is 5.60. The molecule has 1 fully saturated rings. The number of halogens is 1. The molecule has 0 amide bonds. The largest absolute Gasteiger partial charge is 0.478 e. The molecule has 30 heavy (non-hydrogen) atoms. The molecule has 3 N–H and O–H groups in total. The van der Waals surface area contributed by atoms with E-state index in [4.69, 9.17) is 20.2 Å². The summed E-state index contributed by atoms with van der Waals surface area (Å²) in [5, 5.41) is 19.0. The molecule has 0 saturated carbocycles. The van der Waals surface area contributed by atoms with Crippen molar-refractivity contribution < 1.29 is 24.2 Å². The summed E-state index contributed by atoms with van der Waals surface area (Å²) in [6.45, 7) is 3.79. The van der Waals surface area contributed by atoms with Gasteiger partial charge in [-0.15, -0.1) is 0 Å². The summed E-state index contributed by atoms with van der Waals surface area (Å²) >= 11 is 0. The second-order valence-electron chi connectivity index (χ2n) is 6.90. The van der Waals surface area contributed by atoms with Crippen molar-refractivity contribution in [3.05, 3.63) is 53.5 Å². The number of aromatic nitrogens is 2. The van der Waals surface area contributed by atoms with Crippen LogP contribution in [0.1, 0.15) is 17.7 Å². The quantitative estimate of drug-likeness (QED) is 0.650. The normalized spacial score (nSPS) is 15.4. The van der Waals surface area contributed by atoms with E-state index in [-0.39, 0.29) is 5.82 Å². The van der Waals surface area contributed by atoms with E-state index in [9.17, 15) is 14.0 Å². The average molecular weight is 414 g/mol. The van der Waals surface area contributed by atoms with Gasteiger partial charge in [-0.1, -0.05) is 0 Å². The third-order valence-corrected chi connectivity index (χ3v) is 4.81. The number of nitrogens with one attached hydrogen (secondary N) is 1. The first-order chi connectivity index (χ1) is 14.4. The third-order valence-electron chi connectivity index (χ3n) is 4.81. The van der Waals surface area contributed by atoms with Crippen LogP contribution in [0.25, 0.3) is 11.3 Å². The maximum Gasteiger partial charge on any atom is 0.328 e. The maximum absolute atomic E-state index is 13.2. The monoisotopic (exact) mass is 414 g/mol. The highest BCUT2D eigenvalue weighted by Crippen LogP contribution is 2.32. The van der Waals surface area contributed by atoms with Crippen LogP contribution in [-0.2, 0) is 22.4 Å². The molecule has 1 aromatic heterocycles. The van der Waals surface area contributed by atoms with Gasteiger partial charge in [-0.25, -0.2) is 23.9 Å². The molecule has 0 unspecified atom stereocenters. The second-order valence-corrected chi connectivity index (χ2v) is 6.90. The average Bonchev–Trinajstić information content (AvgIpc) is 3.22. The van der Waals surface area contributed by atoms with Crippen molar-refractivity contribution in [1.29, 1.82) is 0 Å². The number of carboxylic acid groups (broad SMARTS) is 2. The molecule has 1 aliphatic carbocycles. The minimum absolute atomic E-state index is 0.211. The van der Waals surface area contributed by atoms with Crippen molar-refractivity contribution >= 4 is 17.9 Å². The van der Waals surface area contributed by atoms with Gasteiger partial charge in [-0.3, -0.25) is 0 Å². The number of hydrogen-bond donors (Lipinski definition) is 3. The summed E-state index contributed by atoms with van der Waals surface area (Å²) in [6, 6.07) is 6.64. The van der Waals surface area contributed by atoms with Gasteiger partial charge in [0, 0.05) is 55.2 Å². The number of carboxylic acids is 2. The maximum atomic E-state index is 13.2. The van der Waals surface area contributed by atoms with Crippen LogP contribution in [0.3, 0.4) is 0 Å². The van der Waals surface area contributed by atoms with Gasteiger partial charge < -0.3 is 20.4 Å². The van der Waals surface area contributed by atoms with E-state index in [1.165, 1.54) is 23.4 Å². The lowest BCUT2D eigenvalue weighted by molar-refractivity contribution is -0.134. The first-order valence-corrected chi connectivity index (χ1v) is 9.69. The molecule has 2 heterocycles. The predicted molar refractivity (Wildman–Crippen MR) is 109 cm³/mol. The molecule has 2 aliphatic rings. The molecule has 1 aromatic carbocycles. The molecular weight excluding hydrogens is 391 g/mol. The summed E-state index contributed by atoms with van der Waals surface area (Å²) in [5.41, 5.74) is 4.38. The SMILES string of the molecule is Fc1ccc(-c2nc(N3CCNCC3)nc3c2CCC3)cc1.O=C(O)/C=C\C(=O)O. The summed E-state index contributed by atoms with van der Waals surface area (Å²) in [5.74, 6) is -1.90. The number of benzene rings is 1. The smallest absolute Gasteiger partial charge is 0.328 e. The summed E-state index contributed by atoms with van der Waals surface area (Å²) in [6.07, 6.45) is 4.28. The van der Waals surface area contributed by atoms with E-state index >= 15 is 0 Å². The molecule has 0 spiro atoms. The number of piperazine rings is 1. The highest BCUT2D eigenvalue weighted by molar-refractivity contribution is 5.89. The van der Waals surface area contributed by atoms with Crippen molar-refractivity contribution in [3.8, 4) is 11.3 Å². The standard InChI is InChI=1S/C17H19FN4.C4H4O4/c18-13-6-4-12(5-7-13)16-14-2-1-3-15(14)20-17(21-16)22-10-8-19-9-11-22;5-3(6)1-2-4(7)8/h4-7,19H,1-3,8-11H2;1-2H,(H,5,6)(H,7,8)/b;2-1-. The van der Waals surface area contributed by atoms with Crippen molar-refractivity contribution in [2.45, 2.75) is 19.3 Å². The minimum Gasteiger partial charge on any atom is -0.478 e. The number of carbonyl (C=O) groups is 2. The molecule has 1 saturated heterocycles. The van der Waals surface area contributed by atoms with Crippen LogP contribution in [0.2, 0.25) is 0 Å². The first kappa shape index (κ1) is 21.4. The topological polar surface area (TPSA) is 116 Å². The predicted octanol–water partition coefficient (Wildman–Crippen LogP) is 1.89. The lowest BCUT2D eigenvalue weighted by Crippen LogP contribution is -2.44. The van der Waals surface area contributed by atoms with Gasteiger partial charge in [0.2, 0.25) is 5.95 Å². The molecule has 0 bridgehead atoms. The molecule has 158 valence electrons. The van der Waals surface area contributed by atoms with E-state index in [0.717, 1.165) is 62.6 Å². The highest BCUT2D eigenvalue weighted by atomic mass is 19.1. The van der Waals surface area contributed by atoms with Crippen molar-refractivity contribution in [1.82, 2.24) is 15.3 Å². The lowest BCUT2D eigenvalue weighted by Gasteiger charge is -2.28. The molecule has 4 rings (SSSR count). The van der Waals surface area contributed by atoms with Gasteiger partial charge in [0.1, 0.15) is 5.82 Å². The van der Waals surface area contributed by atoms with E-state index in [2.05, 4.69) is 10.2 Å². The zero-order chi connectivity index (χ0) is 21.5. The fourth-order valence-corrected chi connectivity index (χ4v) is 3.41. The number of aliphatic carboxylic acids is 2. The van der Waals surface area contributed by atoms with Gasteiger partial charge in [0.05, 0.1) is 5.69 Å². The Morgan fingerprint density at radius 3 is 2.23 bits per heavy atom. The fourth-order valence-electron chi connectivity index (χ4n) is 3.41. The minimum atomic E-state index is -1.26. The van der Waals surface area contributed by atoms with Crippen molar-refractivity contribution in [2.24, 2.45) is 0 Å². The number of nitrogens with zero attached hydrogens (tertiary/aromatic N) is 3.